The van der Waals surface area contributed by atoms with Gasteiger partial charge < -0.3 is 24.8 Å². The lowest BCUT2D eigenvalue weighted by atomic mass is 9.95. The highest BCUT2D eigenvalue weighted by Gasteiger charge is 2.49. The molecule has 0 aliphatic carbocycles. The number of hydrogen-bond acceptors (Lipinski definition) is 9. The van der Waals surface area contributed by atoms with Crippen LogP contribution < -0.4 is 19.7 Å². The summed E-state index contributed by atoms with van der Waals surface area (Å²) in [6, 6.07) is 10.5. The molecule has 11 heteroatoms. The minimum atomic E-state index is -0.853. The van der Waals surface area contributed by atoms with Crippen molar-refractivity contribution in [2.45, 2.75) is 61.9 Å². The largest absolute Gasteiger partial charge is 0.508 e. The molecule has 0 unspecified atom stereocenters. The van der Waals surface area contributed by atoms with Crippen molar-refractivity contribution in [1.82, 2.24) is 25.2 Å². The first-order valence-corrected chi connectivity index (χ1v) is 15.3. The maximum Gasteiger partial charge on any atom is 0.319 e. The minimum Gasteiger partial charge on any atom is -0.508 e. The zero-order valence-electron chi connectivity index (χ0n) is 23.6. The Labute approximate surface area is 246 Å². The highest BCUT2D eigenvalue weighted by atomic mass is 19.1. The zero-order chi connectivity index (χ0) is 28.9. The Morgan fingerprint density at radius 1 is 1.12 bits per heavy atom. The smallest absolute Gasteiger partial charge is 0.319 e. The van der Waals surface area contributed by atoms with Gasteiger partial charge in [-0.1, -0.05) is 12.1 Å². The molecule has 2 N–H and O–H groups in total. The van der Waals surface area contributed by atoms with Crippen LogP contribution >= 0.6 is 0 Å². The summed E-state index contributed by atoms with van der Waals surface area (Å²) in [7, 11) is 0. The van der Waals surface area contributed by atoms with Crippen molar-refractivity contribution >= 4 is 27.5 Å². The number of phenolic OH excluding ortho intramolecular Hbond substituents is 1. The molecule has 2 aromatic heterocycles. The van der Waals surface area contributed by atoms with Crippen LogP contribution in [-0.4, -0.2) is 87.6 Å². The van der Waals surface area contributed by atoms with Crippen molar-refractivity contribution in [2.75, 3.05) is 37.7 Å². The van der Waals surface area contributed by atoms with Crippen LogP contribution in [0.1, 0.15) is 32.1 Å². The number of piperazine rings is 1. The lowest BCUT2D eigenvalue weighted by Gasteiger charge is -2.40. The maximum atomic E-state index is 15.2. The van der Waals surface area contributed by atoms with Crippen LogP contribution in [0.25, 0.3) is 32.9 Å². The molecule has 9 nitrogen and oxygen atoms in total. The van der Waals surface area contributed by atoms with E-state index in [1.165, 1.54) is 18.2 Å². The van der Waals surface area contributed by atoms with E-state index in [1.807, 2.05) is 0 Å². The second-order valence-corrected chi connectivity index (χ2v) is 12.8. The molecule has 0 saturated carbocycles. The highest BCUT2D eigenvalue weighted by molar-refractivity contribution is 6.01. The van der Waals surface area contributed by atoms with E-state index in [0.717, 1.165) is 44.6 Å². The van der Waals surface area contributed by atoms with Gasteiger partial charge in [-0.2, -0.15) is 9.97 Å². The predicted octanol–water partition coefficient (Wildman–Crippen LogP) is 4.35. The fourth-order valence-electron chi connectivity index (χ4n) is 8.31. The van der Waals surface area contributed by atoms with Gasteiger partial charge in [0.15, 0.2) is 0 Å². The summed E-state index contributed by atoms with van der Waals surface area (Å²) in [5, 5.41) is 15.9. The third kappa shape index (κ3) is 3.97. The lowest BCUT2D eigenvalue weighted by Crippen LogP contribution is -2.60. The summed E-state index contributed by atoms with van der Waals surface area (Å²) in [5.74, 6) is 0.702. The second kappa shape index (κ2) is 9.33. The van der Waals surface area contributed by atoms with Crippen LogP contribution in [0.5, 0.6) is 17.6 Å². The Hall–Kier alpha value is -3.83. The Morgan fingerprint density at radius 3 is 2.98 bits per heavy atom. The highest BCUT2D eigenvalue weighted by Crippen LogP contribution is 2.44. The van der Waals surface area contributed by atoms with E-state index in [2.05, 4.69) is 15.1 Å². The average Bonchev–Trinajstić information content (AvgIpc) is 3.62. The number of phenols is 1. The van der Waals surface area contributed by atoms with E-state index < -0.39 is 12.0 Å². The van der Waals surface area contributed by atoms with Gasteiger partial charge in [-0.05, 0) is 61.9 Å². The minimum absolute atomic E-state index is 0.0107. The second-order valence-electron chi connectivity index (χ2n) is 12.8. The van der Waals surface area contributed by atoms with Gasteiger partial charge in [0.2, 0.25) is 5.88 Å². The summed E-state index contributed by atoms with van der Waals surface area (Å²) in [4.78, 5) is 19.2. The summed E-state index contributed by atoms with van der Waals surface area (Å²) in [6.45, 7) is 2.83. The van der Waals surface area contributed by atoms with Crippen molar-refractivity contribution < 1.29 is 23.4 Å². The van der Waals surface area contributed by atoms with Gasteiger partial charge in [-0.25, -0.2) is 13.8 Å². The van der Waals surface area contributed by atoms with Crippen molar-refractivity contribution in [2.24, 2.45) is 0 Å². The number of aromatic nitrogens is 3. The number of ether oxygens (including phenoxy) is 2. The van der Waals surface area contributed by atoms with Crippen molar-refractivity contribution in [3.63, 3.8) is 0 Å². The number of halogens is 2. The number of aromatic hydroxyl groups is 1. The normalized spacial score (nSPS) is 29.5. The van der Waals surface area contributed by atoms with E-state index >= 15 is 4.39 Å². The van der Waals surface area contributed by atoms with Gasteiger partial charge in [0.25, 0.3) is 0 Å². The quantitative estimate of drug-likeness (QED) is 0.362. The number of hydrogen-bond donors (Lipinski definition) is 2. The number of fused-ring (bicyclic) bond motifs is 7. The van der Waals surface area contributed by atoms with E-state index in [4.69, 9.17) is 24.4 Å². The van der Waals surface area contributed by atoms with Gasteiger partial charge in [0.05, 0.1) is 22.8 Å². The van der Waals surface area contributed by atoms with E-state index in [-0.39, 0.29) is 29.4 Å². The van der Waals surface area contributed by atoms with E-state index in [9.17, 15) is 9.50 Å². The van der Waals surface area contributed by atoms with Gasteiger partial charge in [-0.3, -0.25) is 4.90 Å². The van der Waals surface area contributed by atoms with Gasteiger partial charge >= 0.3 is 6.01 Å². The Bertz CT molecular complexity index is 1790. The van der Waals surface area contributed by atoms with E-state index in [0.29, 0.717) is 71.0 Å². The molecule has 9 rings (SSSR count). The topological polar surface area (TPSA) is 95.9 Å². The van der Waals surface area contributed by atoms with Crippen LogP contribution in [0.2, 0.25) is 0 Å². The predicted molar refractivity (Wildman–Crippen MR) is 157 cm³/mol. The zero-order valence-corrected chi connectivity index (χ0v) is 23.6. The van der Waals surface area contributed by atoms with Crippen molar-refractivity contribution in [3.8, 4) is 28.9 Å². The van der Waals surface area contributed by atoms with Crippen molar-refractivity contribution in [1.29, 1.82) is 0 Å². The first-order chi connectivity index (χ1) is 20.9. The van der Waals surface area contributed by atoms with Crippen LogP contribution in [0.15, 0.2) is 36.4 Å². The molecular weight excluding hydrogens is 554 g/mol. The number of anilines is 1. The van der Waals surface area contributed by atoms with Gasteiger partial charge in [-0.15, -0.1) is 0 Å². The third-order valence-corrected chi connectivity index (χ3v) is 10.2. The fourth-order valence-corrected chi connectivity index (χ4v) is 8.31. The molecule has 4 saturated heterocycles. The summed E-state index contributed by atoms with van der Waals surface area (Å²) < 4.78 is 42.4. The summed E-state index contributed by atoms with van der Waals surface area (Å²) in [5.41, 5.74) is 1.11. The first kappa shape index (κ1) is 25.6. The monoisotopic (exact) mass is 586 g/mol. The molecule has 5 aliphatic rings. The first-order valence-electron chi connectivity index (χ1n) is 15.3. The summed E-state index contributed by atoms with van der Waals surface area (Å²) >= 11 is 0. The molecular formula is C32H32F2N6O3. The Balaban J connectivity index is 1.20. The molecule has 0 spiro atoms. The molecule has 2 bridgehead atoms. The van der Waals surface area contributed by atoms with Gasteiger partial charge in [0, 0.05) is 42.5 Å². The molecule has 7 heterocycles. The third-order valence-electron chi connectivity index (χ3n) is 10.2. The van der Waals surface area contributed by atoms with E-state index in [1.54, 1.807) is 18.2 Å². The molecule has 4 fully saturated rings. The number of alkyl halides is 1. The molecule has 5 atom stereocenters. The number of rotatable bonds is 4. The molecule has 0 radical (unpaired) electrons. The molecule has 4 aromatic rings. The van der Waals surface area contributed by atoms with Crippen LogP contribution in [0.4, 0.5) is 14.6 Å². The SMILES string of the molecule is Oc1cc(-c2cc3nc(OC[C@]45CCCN4C[C@H](F)C5)nc4c3c(n2)OC[C@@H]2[C@@H]3CC[C@H](CN42)N3)c2c(F)cccc2c1. The number of nitrogens with zero attached hydrogens (tertiary/aromatic N) is 5. The average molecular weight is 587 g/mol. The molecule has 2 aromatic carbocycles. The van der Waals surface area contributed by atoms with Crippen molar-refractivity contribution in [3.05, 3.63) is 42.2 Å². The Morgan fingerprint density at radius 2 is 2.05 bits per heavy atom. The number of nitrogens with one attached hydrogen (secondary N) is 1. The Kier molecular flexibility index (Phi) is 5.57. The van der Waals surface area contributed by atoms with Gasteiger partial charge in [0.1, 0.15) is 42.2 Å². The molecule has 222 valence electrons. The van der Waals surface area contributed by atoms with Crippen LogP contribution in [0.3, 0.4) is 0 Å². The lowest BCUT2D eigenvalue weighted by molar-refractivity contribution is 0.107. The molecule has 5 aliphatic heterocycles. The van der Waals surface area contributed by atoms with Crippen LogP contribution in [0, 0.1) is 5.82 Å². The fraction of sp³-hybridized carbons (Fsp3) is 0.469. The maximum absolute atomic E-state index is 15.2. The standard InChI is InChI=1S/C32H32F2N6O3/c33-18-12-32(7-2-8-39(32)13-18)16-43-31-37-25-11-24(21-10-20(41)9-17-3-1-4-22(34)27(17)21)36-30-28(25)29(38-31)40-14-19-5-6-23(35-19)26(40)15-42-30/h1,3-4,9-11,18-19,23,26,35,41H,2,5-8,12-16H2/t18-,19-,23+,26-,32-/m1/s1. The molecule has 43 heavy (non-hydrogen) atoms. The summed E-state index contributed by atoms with van der Waals surface area (Å²) in [6.07, 6.45) is 3.67. The van der Waals surface area contributed by atoms with Crippen LogP contribution in [-0.2, 0) is 0 Å². The number of benzene rings is 2. The number of pyridine rings is 1. The molecule has 0 amide bonds.